The quantitative estimate of drug-likeness (QED) is 0.934. The third-order valence-electron chi connectivity index (χ3n) is 4.10. The Balaban J connectivity index is 1.80. The third-order valence-corrected chi connectivity index (χ3v) is 4.10. The van der Waals surface area contributed by atoms with Crippen LogP contribution in [0.25, 0.3) is 10.9 Å². The Labute approximate surface area is 118 Å². The molecule has 3 rings (SSSR count). The van der Waals surface area contributed by atoms with Gasteiger partial charge in [0.1, 0.15) is 17.1 Å². The van der Waals surface area contributed by atoms with E-state index in [-0.39, 0.29) is 11.9 Å². The van der Waals surface area contributed by atoms with Gasteiger partial charge in [0.2, 0.25) is 0 Å². The molecule has 0 saturated heterocycles. The van der Waals surface area contributed by atoms with Crippen molar-refractivity contribution < 1.29 is 9.13 Å². The molecule has 0 amide bonds. The van der Waals surface area contributed by atoms with E-state index in [4.69, 9.17) is 10.5 Å². The number of aromatic nitrogens is 1. The van der Waals surface area contributed by atoms with E-state index < -0.39 is 0 Å². The predicted molar refractivity (Wildman–Crippen MR) is 77.1 cm³/mol. The Morgan fingerprint density at radius 1 is 1.20 bits per heavy atom. The number of para-hydroxylation sites is 1. The van der Waals surface area contributed by atoms with E-state index in [1.165, 1.54) is 6.07 Å². The summed E-state index contributed by atoms with van der Waals surface area (Å²) < 4.78 is 19.8. The number of nitrogens with zero attached hydrogens (tertiary/aromatic N) is 1. The fraction of sp³-hybridized carbons (Fsp3) is 0.438. The van der Waals surface area contributed by atoms with Crippen molar-refractivity contribution in [1.29, 1.82) is 0 Å². The Morgan fingerprint density at radius 3 is 2.75 bits per heavy atom. The van der Waals surface area contributed by atoms with Gasteiger partial charge in [-0.05, 0) is 56.3 Å². The number of ether oxygens (including phenoxy) is 1. The SMILES string of the molecule is NC[C@H]1CC[C@H](Oc2ccnc3c(F)cccc23)CC1. The summed E-state index contributed by atoms with van der Waals surface area (Å²) in [6, 6.07) is 6.78. The van der Waals surface area contributed by atoms with E-state index in [1.54, 1.807) is 12.3 Å². The molecule has 0 atom stereocenters. The standard InChI is InChI=1S/C16H19FN2O/c17-14-3-1-2-13-15(8-9-19-16(13)14)20-12-6-4-11(10-18)5-7-12/h1-3,8-9,11-12H,4-7,10,18H2/t11-,12-. The van der Waals surface area contributed by atoms with Crippen LogP contribution in [0, 0.1) is 11.7 Å². The van der Waals surface area contributed by atoms with Crippen molar-refractivity contribution in [2.75, 3.05) is 6.54 Å². The van der Waals surface area contributed by atoms with Gasteiger partial charge in [-0.2, -0.15) is 0 Å². The van der Waals surface area contributed by atoms with Crippen LogP contribution in [0.4, 0.5) is 4.39 Å². The number of rotatable bonds is 3. The van der Waals surface area contributed by atoms with E-state index in [9.17, 15) is 4.39 Å². The molecule has 1 heterocycles. The molecule has 0 bridgehead atoms. The molecule has 2 N–H and O–H groups in total. The molecule has 1 fully saturated rings. The molecule has 2 aromatic rings. The van der Waals surface area contributed by atoms with Gasteiger partial charge in [0.15, 0.2) is 0 Å². The maximum Gasteiger partial charge on any atom is 0.149 e. The van der Waals surface area contributed by atoms with Gasteiger partial charge < -0.3 is 10.5 Å². The van der Waals surface area contributed by atoms with Gasteiger partial charge in [0.25, 0.3) is 0 Å². The lowest BCUT2D eigenvalue weighted by Crippen LogP contribution is -2.27. The lowest BCUT2D eigenvalue weighted by Gasteiger charge is -2.28. The summed E-state index contributed by atoms with van der Waals surface area (Å²) >= 11 is 0. The average Bonchev–Trinajstić information content (AvgIpc) is 2.49. The van der Waals surface area contributed by atoms with Crippen LogP contribution in [-0.2, 0) is 0 Å². The summed E-state index contributed by atoms with van der Waals surface area (Å²) in [6.45, 7) is 0.760. The summed E-state index contributed by atoms with van der Waals surface area (Å²) in [5.74, 6) is 1.05. The van der Waals surface area contributed by atoms with Gasteiger partial charge in [-0.3, -0.25) is 4.98 Å². The monoisotopic (exact) mass is 274 g/mol. The molecular formula is C16H19FN2O. The molecule has 1 aromatic heterocycles. The molecule has 1 aliphatic rings. The number of hydrogen-bond acceptors (Lipinski definition) is 3. The van der Waals surface area contributed by atoms with E-state index in [0.717, 1.165) is 43.4 Å². The lowest BCUT2D eigenvalue weighted by atomic mass is 9.87. The van der Waals surface area contributed by atoms with Crippen LogP contribution in [0.1, 0.15) is 25.7 Å². The van der Waals surface area contributed by atoms with Crippen molar-refractivity contribution in [2.45, 2.75) is 31.8 Å². The molecule has 0 unspecified atom stereocenters. The largest absolute Gasteiger partial charge is 0.490 e. The first-order chi connectivity index (χ1) is 9.78. The normalized spacial score (nSPS) is 22.9. The zero-order chi connectivity index (χ0) is 13.9. The van der Waals surface area contributed by atoms with Crippen molar-refractivity contribution in [1.82, 2.24) is 4.98 Å². The van der Waals surface area contributed by atoms with Crippen LogP contribution in [0.3, 0.4) is 0 Å². The van der Waals surface area contributed by atoms with Gasteiger partial charge in [-0.25, -0.2) is 4.39 Å². The van der Waals surface area contributed by atoms with Crippen LogP contribution >= 0.6 is 0 Å². The summed E-state index contributed by atoms with van der Waals surface area (Å²) in [6.07, 6.45) is 6.05. The number of hydrogen-bond donors (Lipinski definition) is 1. The summed E-state index contributed by atoms with van der Waals surface area (Å²) in [5.41, 5.74) is 6.08. The van der Waals surface area contributed by atoms with Crippen LogP contribution in [0.15, 0.2) is 30.5 Å². The highest BCUT2D eigenvalue weighted by atomic mass is 19.1. The number of halogens is 1. The number of fused-ring (bicyclic) bond motifs is 1. The van der Waals surface area contributed by atoms with Crippen molar-refractivity contribution >= 4 is 10.9 Å². The highest BCUT2D eigenvalue weighted by Crippen LogP contribution is 2.31. The summed E-state index contributed by atoms with van der Waals surface area (Å²) in [5, 5.41) is 0.744. The third kappa shape index (κ3) is 2.61. The van der Waals surface area contributed by atoms with Crippen molar-refractivity contribution in [3.63, 3.8) is 0 Å². The number of pyridine rings is 1. The first kappa shape index (κ1) is 13.3. The van der Waals surface area contributed by atoms with Crippen molar-refractivity contribution in [3.05, 3.63) is 36.3 Å². The molecule has 3 nitrogen and oxygen atoms in total. The molecule has 20 heavy (non-hydrogen) atoms. The van der Waals surface area contributed by atoms with Crippen LogP contribution in [0.5, 0.6) is 5.75 Å². The number of benzene rings is 1. The van der Waals surface area contributed by atoms with Crippen LogP contribution in [-0.4, -0.2) is 17.6 Å². The molecule has 1 aromatic carbocycles. The zero-order valence-electron chi connectivity index (χ0n) is 11.4. The summed E-state index contributed by atoms with van der Waals surface area (Å²) in [7, 11) is 0. The van der Waals surface area contributed by atoms with E-state index >= 15 is 0 Å². The van der Waals surface area contributed by atoms with Gasteiger partial charge in [-0.1, -0.05) is 6.07 Å². The second-order valence-corrected chi connectivity index (χ2v) is 5.44. The fourth-order valence-corrected chi connectivity index (χ4v) is 2.88. The molecule has 4 heteroatoms. The number of nitrogens with two attached hydrogens (primary N) is 1. The smallest absolute Gasteiger partial charge is 0.149 e. The van der Waals surface area contributed by atoms with Gasteiger partial charge in [-0.15, -0.1) is 0 Å². The molecular weight excluding hydrogens is 255 g/mol. The summed E-state index contributed by atoms with van der Waals surface area (Å²) in [4.78, 5) is 4.09. The first-order valence-corrected chi connectivity index (χ1v) is 7.18. The Bertz CT molecular complexity index is 594. The predicted octanol–water partition coefficient (Wildman–Crippen LogP) is 3.27. The molecule has 0 spiro atoms. The maximum absolute atomic E-state index is 13.7. The van der Waals surface area contributed by atoms with E-state index in [2.05, 4.69) is 4.98 Å². The van der Waals surface area contributed by atoms with Crippen LogP contribution < -0.4 is 10.5 Å². The lowest BCUT2D eigenvalue weighted by molar-refractivity contribution is 0.134. The zero-order valence-corrected chi connectivity index (χ0v) is 11.4. The Morgan fingerprint density at radius 2 is 2.00 bits per heavy atom. The van der Waals surface area contributed by atoms with Gasteiger partial charge in [0, 0.05) is 11.6 Å². The average molecular weight is 274 g/mol. The minimum atomic E-state index is -0.306. The molecule has 0 aliphatic heterocycles. The van der Waals surface area contributed by atoms with Crippen molar-refractivity contribution in [2.24, 2.45) is 11.7 Å². The van der Waals surface area contributed by atoms with E-state index in [1.807, 2.05) is 12.1 Å². The van der Waals surface area contributed by atoms with Crippen LogP contribution in [0.2, 0.25) is 0 Å². The maximum atomic E-state index is 13.7. The highest BCUT2D eigenvalue weighted by molar-refractivity contribution is 5.85. The molecule has 1 saturated carbocycles. The molecule has 106 valence electrons. The van der Waals surface area contributed by atoms with E-state index in [0.29, 0.717) is 11.4 Å². The minimum Gasteiger partial charge on any atom is -0.490 e. The molecule has 0 radical (unpaired) electrons. The highest BCUT2D eigenvalue weighted by Gasteiger charge is 2.22. The second kappa shape index (κ2) is 5.75. The Hall–Kier alpha value is -1.68. The molecule has 1 aliphatic carbocycles. The van der Waals surface area contributed by atoms with Crippen molar-refractivity contribution in [3.8, 4) is 5.75 Å². The van der Waals surface area contributed by atoms with Gasteiger partial charge >= 0.3 is 0 Å². The fourth-order valence-electron chi connectivity index (χ4n) is 2.88. The minimum absolute atomic E-state index is 0.201. The Kier molecular flexibility index (Phi) is 3.83. The first-order valence-electron chi connectivity index (χ1n) is 7.18. The van der Waals surface area contributed by atoms with Gasteiger partial charge in [0.05, 0.1) is 6.10 Å². The second-order valence-electron chi connectivity index (χ2n) is 5.44. The topological polar surface area (TPSA) is 48.1 Å².